The topological polar surface area (TPSA) is 454 Å². The second kappa shape index (κ2) is 25.8. The van der Waals surface area contributed by atoms with E-state index in [9.17, 15) is 73.2 Å². The number of nitrogen functional groups attached to an aromatic ring is 1. The molecule has 9 N–H and O–H groups in total. The molecule has 33 heteroatoms. The van der Waals surface area contributed by atoms with Crippen molar-refractivity contribution in [3.63, 3.8) is 0 Å². The van der Waals surface area contributed by atoms with E-state index in [4.69, 9.17) is 19.9 Å². The van der Waals surface area contributed by atoms with Gasteiger partial charge < -0.3 is 93.8 Å². The highest BCUT2D eigenvalue weighted by Gasteiger charge is 2.47. The number of unbranched alkanes of at least 4 members (excludes halogenated alkanes) is 1. The van der Waals surface area contributed by atoms with Crippen LogP contribution in [0.4, 0.5) is 5.82 Å². The second-order valence-corrected chi connectivity index (χ2v) is 22.1. The van der Waals surface area contributed by atoms with E-state index in [2.05, 4.69) is 43.5 Å². The number of ether oxygens (including phenoxy) is 3. The molecule has 0 saturated carbocycles. The van der Waals surface area contributed by atoms with Gasteiger partial charge in [0.05, 0.1) is 51.8 Å². The van der Waals surface area contributed by atoms with Crippen LogP contribution in [0, 0.1) is 5.41 Å². The number of hydrogen-bond donors (Lipinski definition) is 8. The van der Waals surface area contributed by atoms with Crippen LogP contribution in [0.15, 0.2) is 12.7 Å². The summed E-state index contributed by atoms with van der Waals surface area (Å²) in [6.07, 6.45) is -9.56. The Morgan fingerprint density at radius 1 is 0.986 bits per heavy atom. The minimum atomic E-state index is -5.95. The van der Waals surface area contributed by atoms with Gasteiger partial charge in [-0.1, -0.05) is 38.5 Å². The lowest BCUT2D eigenvalue weighted by molar-refractivity contribution is -0.347. The normalized spacial score (nSPS) is 26.4. The molecule has 2 aromatic heterocycles. The molecule has 4 heterocycles. The summed E-state index contributed by atoms with van der Waals surface area (Å²) in [6, 6.07) is 0. The second-order valence-electron chi connectivity index (χ2n) is 16.9. The number of nitrogens with zero attached hydrogens (tertiary/aromatic N) is 4. The molecule has 29 nitrogen and oxygen atoms in total. The van der Waals surface area contributed by atoms with Gasteiger partial charge in [0.25, 0.3) is 15.6 Å². The molecule has 0 radical (unpaired) electrons. The molecule has 4 rings (SSSR count). The minimum absolute atomic E-state index is 0.0313. The lowest BCUT2D eigenvalue weighted by atomic mass is 9.87. The number of nitrogens with one attached hydrogen (secondary N) is 2. The Hall–Kier alpha value is -2.64. The first-order valence-electron chi connectivity index (χ1n) is 21.4. The maximum atomic E-state index is 12.6. The number of carbonyl (C=O) groups excluding carboxylic acids is 3. The number of aromatic nitrogens is 4. The average molecular weight is 1070 g/mol. The zero-order valence-corrected chi connectivity index (χ0v) is 41.3. The standard InChI is InChI=1S/C36H62N7O22P3S/c1-19(61-35-23(46)14-22(45)20(2)62-35)7-5-6-8-21(44)13-26(48)69-12-11-38-25(47)9-10-39-33(51)30(50)36(3,4)16-60-68(57,58)65-67(55,56)59-15-24-29(64-66(52,53)54)28(49)34(63-24)43-18-42-27-31(37)40-17-41-32(27)43/h17-24,28-30,34-35,44-46,49-50H,5-16H2,1-4H3,(H,38,47)(H,39,51)(H,55,56)(H,57,58)(H2,37,40,41)(H2,52,53,54)/p-4/t19-,20+,21-,22-,23-,24-,28-,29-,30+,34-,35-/m1/s1. The highest BCUT2D eigenvalue weighted by atomic mass is 32.2. The van der Waals surface area contributed by atoms with E-state index in [0.29, 0.717) is 25.7 Å². The Morgan fingerprint density at radius 3 is 2.36 bits per heavy atom. The predicted molar refractivity (Wildman–Crippen MR) is 229 cm³/mol. The van der Waals surface area contributed by atoms with Crippen molar-refractivity contribution in [2.24, 2.45) is 5.41 Å². The van der Waals surface area contributed by atoms with Crippen molar-refractivity contribution in [2.45, 2.75) is 140 Å². The molecule has 0 spiro atoms. The molecule has 2 saturated heterocycles. The molecule has 0 aliphatic carbocycles. The maximum absolute atomic E-state index is 12.6. The summed E-state index contributed by atoms with van der Waals surface area (Å²) >= 11 is 0.915. The van der Waals surface area contributed by atoms with E-state index in [1.807, 2.05) is 6.92 Å². The van der Waals surface area contributed by atoms with Crippen LogP contribution in [0.25, 0.3) is 11.2 Å². The number of imidazole rings is 1. The summed E-state index contributed by atoms with van der Waals surface area (Å²) in [7, 11) is -17.7. The Balaban J connectivity index is 1.10. The van der Waals surface area contributed by atoms with Crippen molar-refractivity contribution in [1.82, 2.24) is 30.2 Å². The van der Waals surface area contributed by atoms with Crippen LogP contribution in [-0.4, -0.2) is 155 Å². The lowest BCUT2D eigenvalue weighted by Gasteiger charge is -2.36. The molecular weight excluding hydrogens is 1010 g/mol. The Morgan fingerprint density at radius 2 is 1.67 bits per heavy atom. The largest absolute Gasteiger partial charge is 0.790 e. The molecule has 69 heavy (non-hydrogen) atoms. The first-order chi connectivity index (χ1) is 32.1. The zero-order valence-electron chi connectivity index (χ0n) is 37.8. The lowest BCUT2D eigenvalue weighted by Crippen LogP contribution is -2.48. The molecule has 394 valence electrons. The van der Waals surface area contributed by atoms with Gasteiger partial charge in [0, 0.05) is 43.5 Å². The zero-order chi connectivity index (χ0) is 51.5. The van der Waals surface area contributed by atoms with Crippen LogP contribution in [0.2, 0.25) is 0 Å². The molecule has 2 aliphatic rings. The fourth-order valence-electron chi connectivity index (χ4n) is 6.80. The van der Waals surface area contributed by atoms with Gasteiger partial charge in [-0.3, -0.25) is 28.1 Å². The molecular formula is C36H58N7O22P3S-4. The van der Waals surface area contributed by atoms with Gasteiger partial charge in [0.15, 0.2) is 29.1 Å². The van der Waals surface area contributed by atoms with Gasteiger partial charge in [-0.05, 0) is 26.7 Å². The number of hydrogen-bond acceptors (Lipinski definition) is 27. The first-order valence-corrected chi connectivity index (χ1v) is 26.8. The summed E-state index contributed by atoms with van der Waals surface area (Å²) < 4.78 is 72.0. The van der Waals surface area contributed by atoms with Crippen LogP contribution < -0.4 is 35.9 Å². The van der Waals surface area contributed by atoms with Crippen molar-refractivity contribution >= 4 is 69.1 Å². The summed E-state index contributed by atoms with van der Waals surface area (Å²) in [4.78, 5) is 96.9. The van der Waals surface area contributed by atoms with Crippen molar-refractivity contribution in [3.8, 4) is 0 Å². The van der Waals surface area contributed by atoms with Gasteiger partial charge in [0.1, 0.15) is 42.4 Å². The van der Waals surface area contributed by atoms with E-state index in [1.165, 1.54) is 13.8 Å². The van der Waals surface area contributed by atoms with E-state index in [0.717, 1.165) is 29.0 Å². The Bertz CT molecular complexity index is 2170. The number of aliphatic hydroxyl groups is 5. The fourth-order valence-corrected chi connectivity index (χ4v) is 10.3. The number of fused-ring (bicyclic) bond motifs is 1. The third-order valence-corrected chi connectivity index (χ3v) is 14.5. The number of phosphoric ester groups is 3. The van der Waals surface area contributed by atoms with Crippen LogP contribution >= 0.6 is 35.2 Å². The number of amides is 2. The number of aliphatic hydroxyl groups excluding tert-OH is 5. The van der Waals surface area contributed by atoms with Crippen LogP contribution in [0.5, 0.6) is 0 Å². The predicted octanol–water partition coefficient (Wildman–Crippen LogP) is -3.29. The van der Waals surface area contributed by atoms with Gasteiger partial charge in [0.2, 0.25) is 11.8 Å². The van der Waals surface area contributed by atoms with E-state index in [-0.39, 0.29) is 66.3 Å². The van der Waals surface area contributed by atoms with Gasteiger partial charge in [-0.25, -0.2) is 19.3 Å². The number of carbonyl (C=O) groups is 3. The molecule has 2 aliphatic heterocycles. The monoisotopic (exact) mass is 1070 g/mol. The molecule has 0 bridgehead atoms. The molecule has 0 aromatic carbocycles. The number of nitrogens with two attached hydrogens (primary N) is 1. The molecule has 13 atom stereocenters. The van der Waals surface area contributed by atoms with Gasteiger partial charge in [-0.15, -0.1) is 0 Å². The molecule has 2 aromatic rings. The number of thioether (sulfide) groups is 1. The fraction of sp³-hybridized carbons (Fsp3) is 0.778. The smallest absolute Gasteiger partial charge is 0.274 e. The highest BCUT2D eigenvalue weighted by molar-refractivity contribution is 8.13. The SMILES string of the molecule is C[C@H](CCCC[C@@H](O)CC(=O)SCCNC(=O)CCNC(=O)[C@H](O)C(C)(C)COP(=O)([O-])OP(=O)([O-])OC[C@H]1O[C@@H](n2cnc3c(N)ncnc32)[C@H](O)[C@@H]1OP(=O)([O-])[O-])O[C@@H]1O[C@@H](C)[C@H](O)C[C@H]1O. The van der Waals surface area contributed by atoms with Gasteiger partial charge in [-0.2, -0.15) is 0 Å². The summed E-state index contributed by atoms with van der Waals surface area (Å²) in [5.74, 6) is -1.47. The van der Waals surface area contributed by atoms with Crippen molar-refractivity contribution in [3.05, 3.63) is 12.7 Å². The Labute approximate surface area is 399 Å². The average Bonchev–Trinajstić information content (AvgIpc) is 3.81. The van der Waals surface area contributed by atoms with E-state index >= 15 is 0 Å². The number of phosphoric acid groups is 3. The van der Waals surface area contributed by atoms with E-state index in [1.54, 1.807) is 6.92 Å². The van der Waals surface area contributed by atoms with Crippen LogP contribution in [0.3, 0.4) is 0 Å². The van der Waals surface area contributed by atoms with Crippen molar-refractivity contribution in [2.75, 3.05) is 37.8 Å². The van der Waals surface area contributed by atoms with Crippen LogP contribution in [-0.2, 0) is 60.2 Å². The molecule has 2 amide bonds. The summed E-state index contributed by atoms with van der Waals surface area (Å²) in [5.41, 5.74) is 4.01. The van der Waals surface area contributed by atoms with Crippen molar-refractivity contribution < 1.29 is 105 Å². The number of anilines is 1. The van der Waals surface area contributed by atoms with Crippen LogP contribution in [0.1, 0.15) is 78.9 Å². The third-order valence-electron chi connectivity index (χ3n) is 10.6. The summed E-state index contributed by atoms with van der Waals surface area (Å²) in [6.45, 7) is 3.36. The van der Waals surface area contributed by atoms with Crippen molar-refractivity contribution in [1.29, 1.82) is 0 Å². The van der Waals surface area contributed by atoms with Gasteiger partial charge >= 0.3 is 0 Å². The highest BCUT2D eigenvalue weighted by Crippen LogP contribution is 2.56. The number of rotatable bonds is 28. The third kappa shape index (κ3) is 18.7. The first kappa shape index (κ1) is 58.9. The Kier molecular flexibility index (Phi) is 22.1. The molecule has 2 unspecified atom stereocenters. The summed E-state index contributed by atoms with van der Waals surface area (Å²) in [5, 5.41) is 56.2. The minimum Gasteiger partial charge on any atom is -0.790 e. The van der Waals surface area contributed by atoms with E-state index < -0.39 is 115 Å². The molecule has 2 fully saturated rings. The maximum Gasteiger partial charge on any atom is 0.274 e. The quantitative estimate of drug-likeness (QED) is 0.0306.